The zero-order valence-corrected chi connectivity index (χ0v) is 26.8. The standard InChI is InChI=1S/C35H35Cl2N7O/c1-43-15-14-38-17-22-7-6-21(16-30(22)43)34-33(37)27(12-13-40-34)26-4-3-5-28(32(26)36)29-10-9-25-23(20-44(2)35(25)42-29)18-39-19-24-8-11-31(45)41-24/h3-7,9-10,12-13,16,20,24,38-39H,8,11,14-15,17-19H2,1-2H3,(H,41,45)/t24-/m0/s1. The number of likely N-dealkylation sites (N-methyl/N-ethyl adjacent to an activating group) is 1. The molecule has 10 heteroatoms. The van der Waals surface area contributed by atoms with E-state index in [1.54, 1.807) is 6.20 Å². The van der Waals surface area contributed by atoms with Crippen LogP contribution in [0.3, 0.4) is 0 Å². The lowest BCUT2D eigenvalue weighted by molar-refractivity contribution is -0.119. The first-order valence-electron chi connectivity index (χ1n) is 15.3. The van der Waals surface area contributed by atoms with Gasteiger partial charge in [-0.1, -0.05) is 53.5 Å². The average molecular weight is 641 g/mol. The third-order valence-electron chi connectivity index (χ3n) is 8.86. The molecular weight excluding hydrogens is 605 g/mol. The number of carbonyl (C=O) groups is 1. The maximum atomic E-state index is 11.5. The number of rotatable bonds is 7. The number of pyridine rings is 2. The van der Waals surface area contributed by atoms with Crippen LogP contribution in [0.1, 0.15) is 24.0 Å². The molecule has 5 aromatic rings. The first kappa shape index (κ1) is 29.7. The monoisotopic (exact) mass is 639 g/mol. The number of aryl methyl sites for hydroxylation is 1. The van der Waals surface area contributed by atoms with Crippen LogP contribution in [0, 0.1) is 0 Å². The molecule has 3 aromatic heterocycles. The van der Waals surface area contributed by atoms with Gasteiger partial charge in [-0.05, 0) is 41.8 Å². The smallest absolute Gasteiger partial charge is 0.220 e. The van der Waals surface area contributed by atoms with E-state index in [9.17, 15) is 4.79 Å². The number of hydrogen-bond donors (Lipinski definition) is 3. The van der Waals surface area contributed by atoms with Gasteiger partial charge in [0.05, 0.1) is 21.4 Å². The van der Waals surface area contributed by atoms with Crippen molar-refractivity contribution in [3.05, 3.63) is 88.2 Å². The SMILES string of the molecule is CN1CCNCc2ccc(-c3nccc(-c4cccc(-c5ccc6c(CNC[C@@H]7CCC(=O)N7)cn(C)c6n5)c4Cl)c3Cl)cc21. The molecule has 0 aliphatic carbocycles. The molecule has 0 radical (unpaired) electrons. The Bertz CT molecular complexity index is 1920. The van der Waals surface area contributed by atoms with Crippen LogP contribution < -0.4 is 20.9 Å². The molecule has 0 bridgehead atoms. The average Bonchev–Trinajstić information content (AvgIpc) is 3.54. The summed E-state index contributed by atoms with van der Waals surface area (Å²) in [7, 11) is 4.12. The molecule has 3 N–H and O–H groups in total. The summed E-state index contributed by atoms with van der Waals surface area (Å²) < 4.78 is 2.05. The number of fused-ring (bicyclic) bond motifs is 2. The molecule has 2 aliphatic rings. The molecule has 1 atom stereocenters. The summed E-state index contributed by atoms with van der Waals surface area (Å²) >= 11 is 14.2. The van der Waals surface area contributed by atoms with Gasteiger partial charge in [-0.15, -0.1) is 0 Å². The van der Waals surface area contributed by atoms with Gasteiger partial charge >= 0.3 is 0 Å². The fraction of sp³-hybridized carbons (Fsp3) is 0.286. The van der Waals surface area contributed by atoms with Crippen LogP contribution in [0.15, 0.2) is 67.0 Å². The summed E-state index contributed by atoms with van der Waals surface area (Å²) in [5, 5.41) is 12.2. The second kappa shape index (κ2) is 12.4. The Balaban J connectivity index is 1.18. The molecule has 0 unspecified atom stereocenters. The van der Waals surface area contributed by atoms with Crippen molar-refractivity contribution in [2.24, 2.45) is 7.05 Å². The van der Waals surface area contributed by atoms with Crippen molar-refractivity contribution >= 4 is 45.8 Å². The molecule has 1 saturated heterocycles. The van der Waals surface area contributed by atoms with Crippen LogP contribution in [0.25, 0.3) is 44.7 Å². The highest BCUT2D eigenvalue weighted by Gasteiger charge is 2.21. The van der Waals surface area contributed by atoms with E-state index in [0.717, 1.165) is 82.8 Å². The summed E-state index contributed by atoms with van der Waals surface area (Å²) in [6, 6.07) is 18.6. The van der Waals surface area contributed by atoms with E-state index in [1.165, 1.54) is 11.3 Å². The predicted octanol–water partition coefficient (Wildman–Crippen LogP) is 6.18. The van der Waals surface area contributed by atoms with Gasteiger partial charge in [0.15, 0.2) is 0 Å². The van der Waals surface area contributed by atoms with E-state index in [1.807, 2.05) is 41.9 Å². The van der Waals surface area contributed by atoms with Crippen molar-refractivity contribution in [3.8, 4) is 33.6 Å². The van der Waals surface area contributed by atoms with Gasteiger partial charge < -0.3 is 25.4 Å². The molecule has 5 heterocycles. The molecule has 1 amide bonds. The van der Waals surface area contributed by atoms with Crippen LogP contribution in [0.5, 0.6) is 0 Å². The number of aromatic nitrogens is 3. The molecule has 45 heavy (non-hydrogen) atoms. The van der Waals surface area contributed by atoms with Gasteiger partial charge in [0.2, 0.25) is 5.91 Å². The van der Waals surface area contributed by atoms with Crippen LogP contribution in [-0.2, 0) is 24.9 Å². The Kier molecular flexibility index (Phi) is 8.23. The quantitative estimate of drug-likeness (QED) is 0.197. The third-order valence-corrected chi connectivity index (χ3v) is 9.65. The van der Waals surface area contributed by atoms with Gasteiger partial charge in [0, 0.05) is 105 Å². The fourth-order valence-corrected chi connectivity index (χ4v) is 7.08. The van der Waals surface area contributed by atoms with Gasteiger partial charge in [0.25, 0.3) is 0 Å². The lowest BCUT2D eigenvalue weighted by Crippen LogP contribution is -2.35. The molecule has 7 rings (SSSR count). The van der Waals surface area contributed by atoms with Crippen LogP contribution in [0.2, 0.25) is 10.0 Å². The van der Waals surface area contributed by atoms with Crippen molar-refractivity contribution in [3.63, 3.8) is 0 Å². The first-order valence-corrected chi connectivity index (χ1v) is 16.1. The van der Waals surface area contributed by atoms with Crippen molar-refractivity contribution in [2.75, 3.05) is 31.6 Å². The van der Waals surface area contributed by atoms with Crippen LogP contribution in [0.4, 0.5) is 5.69 Å². The van der Waals surface area contributed by atoms with E-state index in [2.05, 4.69) is 63.3 Å². The van der Waals surface area contributed by atoms with E-state index in [4.69, 9.17) is 28.2 Å². The number of nitrogens with one attached hydrogen (secondary N) is 3. The minimum Gasteiger partial charge on any atom is -0.373 e. The minimum absolute atomic E-state index is 0.133. The molecule has 2 aromatic carbocycles. The van der Waals surface area contributed by atoms with Gasteiger partial charge in [-0.25, -0.2) is 4.98 Å². The molecular formula is C35H35Cl2N7O. The van der Waals surface area contributed by atoms with Crippen molar-refractivity contribution in [1.29, 1.82) is 0 Å². The van der Waals surface area contributed by atoms with Crippen molar-refractivity contribution in [1.82, 2.24) is 30.5 Å². The van der Waals surface area contributed by atoms with Crippen molar-refractivity contribution < 1.29 is 4.79 Å². The summed E-state index contributed by atoms with van der Waals surface area (Å²) in [6.07, 6.45) is 5.38. The molecule has 230 valence electrons. The highest BCUT2D eigenvalue weighted by Crippen LogP contribution is 2.42. The zero-order valence-electron chi connectivity index (χ0n) is 25.3. The van der Waals surface area contributed by atoms with E-state index >= 15 is 0 Å². The zero-order chi connectivity index (χ0) is 31.1. The molecule has 8 nitrogen and oxygen atoms in total. The molecule has 0 saturated carbocycles. The lowest BCUT2D eigenvalue weighted by Gasteiger charge is -2.20. The summed E-state index contributed by atoms with van der Waals surface area (Å²) in [5.41, 5.74) is 9.45. The Labute approximate surface area is 272 Å². The Morgan fingerprint density at radius 2 is 1.87 bits per heavy atom. The first-order chi connectivity index (χ1) is 21.9. The van der Waals surface area contributed by atoms with Crippen LogP contribution in [-0.4, -0.2) is 53.2 Å². The van der Waals surface area contributed by atoms with Crippen molar-refractivity contribution in [2.45, 2.75) is 32.0 Å². The summed E-state index contributed by atoms with van der Waals surface area (Å²) in [4.78, 5) is 23.5. The largest absolute Gasteiger partial charge is 0.373 e. The molecule has 0 spiro atoms. The molecule has 1 fully saturated rings. The number of halogens is 2. The Morgan fingerprint density at radius 3 is 2.71 bits per heavy atom. The summed E-state index contributed by atoms with van der Waals surface area (Å²) in [5.74, 6) is 0.133. The van der Waals surface area contributed by atoms with Gasteiger partial charge in [-0.2, -0.15) is 0 Å². The predicted molar refractivity (Wildman–Crippen MR) is 183 cm³/mol. The normalized spacial score (nSPS) is 16.6. The van der Waals surface area contributed by atoms with Crippen LogP contribution >= 0.6 is 23.2 Å². The van der Waals surface area contributed by atoms with Gasteiger partial charge in [0.1, 0.15) is 5.65 Å². The maximum absolute atomic E-state index is 11.5. The topological polar surface area (TPSA) is 87.1 Å². The minimum atomic E-state index is 0.133. The van der Waals surface area contributed by atoms with Gasteiger partial charge in [-0.3, -0.25) is 9.78 Å². The number of amides is 1. The second-order valence-electron chi connectivity index (χ2n) is 11.9. The summed E-state index contributed by atoms with van der Waals surface area (Å²) in [6.45, 7) is 4.15. The number of anilines is 1. The number of nitrogens with zero attached hydrogens (tertiary/aromatic N) is 4. The number of benzene rings is 2. The maximum Gasteiger partial charge on any atom is 0.220 e. The second-order valence-corrected chi connectivity index (χ2v) is 12.7. The highest BCUT2D eigenvalue weighted by molar-refractivity contribution is 6.39. The Hall–Kier alpha value is -3.95. The third kappa shape index (κ3) is 5.79. The highest BCUT2D eigenvalue weighted by atomic mass is 35.5. The molecule has 2 aliphatic heterocycles. The van der Waals surface area contributed by atoms with E-state index in [-0.39, 0.29) is 11.9 Å². The lowest BCUT2D eigenvalue weighted by atomic mass is 9.99. The fourth-order valence-electron chi connectivity index (χ4n) is 6.43. The van der Waals surface area contributed by atoms with E-state index < -0.39 is 0 Å². The Morgan fingerprint density at radius 1 is 1.02 bits per heavy atom. The number of carbonyl (C=O) groups excluding carboxylic acids is 1. The van der Waals surface area contributed by atoms with E-state index in [0.29, 0.717) is 23.0 Å². The number of hydrogen-bond acceptors (Lipinski definition) is 6.